The number of amides is 2. The van der Waals surface area contributed by atoms with Crippen molar-refractivity contribution in [2.75, 3.05) is 52.5 Å². The Morgan fingerprint density at radius 2 is 1.70 bits per heavy atom. The molecular formula is C22H27Cl2N3O3. The van der Waals surface area contributed by atoms with Crippen LogP contribution in [0.5, 0.6) is 0 Å². The summed E-state index contributed by atoms with van der Waals surface area (Å²) >= 11 is 12.5. The first-order valence-electron chi connectivity index (χ1n) is 10.6. The zero-order valence-corrected chi connectivity index (χ0v) is 18.7. The Balaban J connectivity index is 1.63. The number of morpholine rings is 1. The smallest absolute Gasteiger partial charge is 0.277 e. The molecular weight excluding hydrogens is 425 g/mol. The van der Waals surface area contributed by atoms with E-state index in [4.69, 9.17) is 27.9 Å². The maximum Gasteiger partial charge on any atom is 0.277 e. The first-order valence-corrected chi connectivity index (χ1v) is 11.3. The molecule has 3 heterocycles. The van der Waals surface area contributed by atoms with Crippen LogP contribution in [0.2, 0.25) is 10.0 Å². The van der Waals surface area contributed by atoms with Crippen molar-refractivity contribution in [1.82, 2.24) is 14.7 Å². The van der Waals surface area contributed by atoms with Gasteiger partial charge in [-0.25, -0.2) is 0 Å². The Morgan fingerprint density at radius 3 is 2.37 bits per heavy atom. The molecule has 0 aliphatic carbocycles. The number of hydrogen-bond donors (Lipinski definition) is 0. The fraction of sp³-hybridized carbons (Fsp3) is 0.545. The van der Waals surface area contributed by atoms with Crippen molar-refractivity contribution in [3.05, 3.63) is 39.5 Å². The molecule has 0 radical (unpaired) electrons. The van der Waals surface area contributed by atoms with Crippen LogP contribution < -0.4 is 0 Å². The van der Waals surface area contributed by atoms with Crippen LogP contribution in [0.15, 0.2) is 23.9 Å². The van der Waals surface area contributed by atoms with Crippen molar-refractivity contribution in [2.24, 2.45) is 5.92 Å². The molecule has 0 aromatic heterocycles. The number of nitrogens with zero attached hydrogens (tertiary/aromatic N) is 3. The van der Waals surface area contributed by atoms with Crippen molar-refractivity contribution in [3.63, 3.8) is 0 Å². The van der Waals surface area contributed by atoms with Gasteiger partial charge in [0.05, 0.1) is 23.8 Å². The van der Waals surface area contributed by atoms with Gasteiger partial charge in [-0.05, 0) is 30.9 Å². The Hall–Kier alpha value is -1.60. The highest BCUT2D eigenvalue weighted by molar-refractivity contribution is 6.41. The highest BCUT2D eigenvalue weighted by Crippen LogP contribution is 2.37. The Bertz CT molecular complexity index is 859. The molecule has 0 bridgehead atoms. The molecule has 1 aromatic rings. The van der Waals surface area contributed by atoms with Crippen molar-refractivity contribution in [2.45, 2.75) is 19.8 Å². The van der Waals surface area contributed by atoms with E-state index in [9.17, 15) is 9.59 Å². The second-order valence-corrected chi connectivity index (χ2v) is 9.08. The van der Waals surface area contributed by atoms with Crippen LogP contribution in [0.25, 0.3) is 5.57 Å². The summed E-state index contributed by atoms with van der Waals surface area (Å²) < 4.78 is 5.39. The van der Waals surface area contributed by atoms with Gasteiger partial charge in [-0.2, -0.15) is 0 Å². The quantitative estimate of drug-likeness (QED) is 0.643. The van der Waals surface area contributed by atoms with Crippen LogP contribution in [0.3, 0.4) is 0 Å². The minimum Gasteiger partial charge on any atom is -0.379 e. The van der Waals surface area contributed by atoms with Crippen LogP contribution in [0, 0.1) is 5.92 Å². The van der Waals surface area contributed by atoms with Gasteiger partial charge in [0.1, 0.15) is 5.70 Å². The molecule has 0 unspecified atom stereocenters. The lowest BCUT2D eigenvalue weighted by Crippen LogP contribution is -2.44. The maximum absolute atomic E-state index is 13.4. The summed E-state index contributed by atoms with van der Waals surface area (Å²) in [5.74, 6) is 0.129. The molecule has 30 heavy (non-hydrogen) atoms. The van der Waals surface area contributed by atoms with E-state index >= 15 is 0 Å². The van der Waals surface area contributed by atoms with E-state index in [1.54, 1.807) is 18.2 Å². The van der Waals surface area contributed by atoms with Gasteiger partial charge < -0.3 is 9.64 Å². The Kier molecular flexibility index (Phi) is 6.68. The molecule has 3 aliphatic rings. The summed E-state index contributed by atoms with van der Waals surface area (Å²) in [5.41, 5.74) is 1.46. The number of ether oxygens (including phenoxy) is 1. The van der Waals surface area contributed by atoms with Gasteiger partial charge in [-0.15, -0.1) is 0 Å². The van der Waals surface area contributed by atoms with Crippen LogP contribution in [0.4, 0.5) is 0 Å². The number of imide groups is 1. The number of carbonyl (C=O) groups excluding carboxylic acids is 2. The average Bonchev–Trinajstić information content (AvgIpc) is 2.98. The lowest BCUT2D eigenvalue weighted by molar-refractivity contribution is -0.138. The zero-order chi connectivity index (χ0) is 21.3. The van der Waals surface area contributed by atoms with Crippen molar-refractivity contribution >= 4 is 40.6 Å². The monoisotopic (exact) mass is 451 g/mol. The van der Waals surface area contributed by atoms with Gasteiger partial charge in [-0.1, -0.05) is 36.2 Å². The topological polar surface area (TPSA) is 53.1 Å². The standard InChI is InChI=1S/C22H27Cl2N3O3/c1-15-4-6-26(7-5-15)20-19(17-3-2-16(23)14-18(17)24)21(28)27(22(20)29)9-8-25-10-12-30-13-11-25/h2-3,14-15H,4-13H2,1H3. The third kappa shape index (κ3) is 4.37. The highest BCUT2D eigenvalue weighted by Gasteiger charge is 2.42. The molecule has 0 atom stereocenters. The summed E-state index contributed by atoms with van der Waals surface area (Å²) in [6.45, 7) is 7.76. The Labute approximate surface area is 187 Å². The number of carbonyl (C=O) groups is 2. The van der Waals surface area contributed by atoms with Crippen LogP contribution in [-0.4, -0.2) is 79.0 Å². The molecule has 4 rings (SSSR count). The van der Waals surface area contributed by atoms with Crippen molar-refractivity contribution in [3.8, 4) is 0 Å². The summed E-state index contributed by atoms with van der Waals surface area (Å²) in [6.07, 6.45) is 2.00. The largest absolute Gasteiger partial charge is 0.379 e. The van der Waals surface area contributed by atoms with Gasteiger partial charge >= 0.3 is 0 Å². The van der Waals surface area contributed by atoms with E-state index in [1.165, 1.54) is 4.90 Å². The van der Waals surface area contributed by atoms with E-state index in [0.29, 0.717) is 59.1 Å². The van der Waals surface area contributed by atoms with Crippen molar-refractivity contribution < 1.29 is 14.3 Å². The summed E-state index contributed by atoms with van der Waals surface area (Å²) in [4.78, 5) is 32.5. The number of rotatable bonds is 5. The normalized spacial score (nSPS) is 21.8. The SMILES string of the molecule is CC1CCN(C2=C(c3ccc(Cl)cc3Cl)C(=O)N(CCN3CCOCC3)C2=O)CC1. The van der Waals surface area contributed by atoms with Gasteiger partial charge in [0.25, 0.3) is 11.8 Å². The minimum atomic E-state index is -0.272. The van der Waals surface area contributed by atoms with Crippen LogP contribution >= 0.6 is 23.2 Å². The minimum absolute atomic E-state index is 0.219. The Morgan fingerprint density at radius 1 is 1.00 bits per heavy atom. The predicted octanol–water partition coefficient (Wildman–Crippen LogP) is 3.14. The van der Waals surface area contributed by atoms with E-state index in [2.05, 4.69) is 16.7 Å². The second kappa shape index (κ2) is 9.27. The first kappa shape index (κ1) is 21.6. The average molecular weight is 452 g/mol. The van der Waals surface area contributed by atoms with E-state index < -0.39 is 0 Å². The van der Waals surface area contributed by atoms with Crippen LogP contribution in [-0.2, 0) is 14.3 Å². The predicted molar refractivity (Wildman–Crippen MR) is 117 cm³/mol. The summed E-state index contributed by atoms with van der Waals surface area (Å²) in [5, 5.41) is 0.884. The molecule has 2 saturated heterocycles. The molecule has 8 heteroatoms. The van der Waals surface area contributed by atoms with Gasteiger partial charge in [0.15, 0.2) is 0 Å². The van der Waals surface area contributed by atoms with E-state index in [0.717, 1.165) is 39.0 Å². The fourth-order valence-corrected chi connectivity index (χ4v) is 4.80. The number of benzene rings is 1. The highest BCUT2D eigenvalue weighted by atomic mass is 35.5. The maximum atomic E-state index is 13.4. The fourth-order valence-electron chi connectivity index (χ4n) is 4.29. The molecule has 0 spiro atoms. The van der Waals surface area contributed by atoms with E-state index in [-0.39, 0.29) is 11.8 Å². The second-order valence-electron chi connectivity index (χ2n) is 8.23. The zero-order valence-electron chi connectivity index (χ0n) is 17.2. The number of likely N-dealkylation sites (tertiary alicyclic amines) is 1. The number of piperidine rings is 1. The summed E-state index contributed by atoms with van der Waals surface area (Å²) in [7, 11) is 0. The molecule has 1 aromatic carbocycles. The molecule has 0 saturated carbocycles. The van der Waals surface area contributed by atoms with Crippen molar-refractivity contribution in [1.29, 1.82) is 0 Å². The number of hydrogen-bond acceptors (Lipinski definition) is 5. The molecule has 0 N–H and O–H groups in total. The molecule has 2 fully saturated rings. The van der Waals surface area contributed by atoms with E-state index in [1.807, 2.05) is 0 Å². The molecule has 6 nitrogen and oxygen atoms in total. The third-order valence-corrected chi connectivity index (χ3v) is 6.74. The molecule has 3 aliphatic heterocycles. The first-order chi connectivity index (χ1) is 14.5. The molecule has 162 valence electrons. The van der Waals surface area contributed by atoms with Gasteiger partial charge in [0, 0.05) is 49.9 Å². The lowest BCUT2D eigenvalue weighted by Gasteiger charge is -2.33. The lowest BCUT2D eigenvalue weighted by atomic mass is 9.97. The van der Waals surface area contributed by atoms with Gasteiger partial charge in [-0.3, -0.25) is 19.4 Å². The number of halogens is 2. The molecule has 2 amide bonds. The van der Waals surface area contributed by atoms with Gasteiger partial charge in [0.2, 0.25) is 0 Å². The summed E-state index contributed by atoms with van der Waals surface area (Å²) in [6, 6.07) is 5.07. The van der Waals surface area contributed by atoms with Crippen LogP contribution in [0.1, 0.15) is 25.3 Å². The third-order valence-electron chi connectivity index (χ3n) is 6.19.